The Balaban J connectivity index is 1.48. The number of hydrogen-bond donors (Lipinski definition) is 0. The maximum Gasteiger partial charge on any atom is 0.222 e. The molecule has 4 aromatic rings. The highest BCUT2D eigenvalue weighted by Gasteiger charge is 2.05. The van der Waals surface area contributed by atoms with Gasteiger partial charge in [-0.3, -0.25) is 9.97 Å². The summed E-state index contributed by atoms with van der Waals surface area (Å²) in [5, 5.41) is 0. The van der Waals surface area contributed by atoms with Gasteiger partial charge >= 0.3 is 0 Å². The quantitative estimate of drug-likeness (QED) is 0.541. The molecule has 5 heteroatoms. The van der Waals surface area contributed by atoms with E-state index in [0.29, 0.717) is 11.7 Å². The van der Waals surface area contributed by atoms with E-state index in [1.54, 1.807) is 30.9 Å². The first-order valence-electron chi connectivity index (χ1n) is 8.26. The molecule has 3 heterocycles. The zero-order valence-corrected chi connectivity index (χ0v) is 14.0. The monoisotopic (exact) mass is 340 g/mol. The van der Waals surface area contributed by atoms with Crippen LogP contribution in [0, 0.1) is 0 Å². The zero-order chi connectivity index (χ0) is 17.6. The fourth-order valence-electron chi connectivity index (χ4n) is 2.57. The molecular formula is C21H16N4O. The minimum atomic E-state index is 0.499. The molecule has 0 bridgehead atoms. The van der Waals surface area contributed by atoms with Crippen LogP contribution in [0.3, 0.4) is 0 Å². The molecular weight excluding hydrogens is 324 g/mol. The first-order valence-corrected chi connectivity index (χ1v) is 8.26. The van der Waals surface area contributed by atoms with Crippen LogP contribution in [0.15, 0.2) is 85.6 Å². The topological polar surface area (TPSA) is 60.8 Å². The number of aromatic nitrogens is 4. The highest BCUT2D eigenvalue weighted by molar-refractivity contribution is 5.53. The summed E-state index contributed by atoms with van der Waals surface area (Å²) >= 11 is 0. The summed E-state index contributed by atoms with van der Waals surface area (Å²) in [7, 11) is 0. The number of hydrogen-bond acceptors (Lipinski definition) is 5. The molecule has 0 unspecified atom stereocenters. The van der Waals surface area contributed by atoms with Crippen LogP contribution in [0.4, 0.5) is 0 Å². The third-order valence-corrected chi connectivity index (χ3v) is 3.83. The SMILES string of the molecule is c1cncc(Cc2ccc(Oc3ccnc(-c4cccnc4)n3)cc2)c1. The maximum absolute atomic E-state index is 5.86. The van der Waals surface area contributed by atoms with Crippen molar-refractivity contribution in [2.75, 3.05) is 0 Å². The number of rotatable bonds is 5. The van der Waals surface area contributed by atoms with E-state index in [-0.39, 0.29) is 0 Å². The molecule has 4 rings (SSSR count). The minimum Gasteiger partial charge on any atom is -0.439 e. The lowest BCUT2D eigenvalue weighted by Gasteiger charge is -2.07. The summed E-state index contributed by atoms with van der Waals surface area (Å²) in [6.45, 7) is 0. The molecule has 0 aliphatic rings. The molecule has 0 amide bonds. The Kier molecular flexibility index (Phi) is 4.60. The van der Waals surface area contributed by atoms with Gasteiger partial charge in [-0.25, -0.2) is 4.98 Å². The Morgan fingerprint density at radius 2 is 1.54 bits per heavy atom. The van der Waals surface area contributed by atoms with Crippen LogP contribution < -0.4 is 4.74 Å². The van der Waals surface area contributed by atoms with Gasteiger partial charge in [0.05, 0.1) is 0 Å². The van der Waals surface area contributed by atoms with Crippen LogP contribution in [0.25, 0.3) is 11.4 Å². The Labute approximate surface area is 151 Å². The predicted molar refractivity (Wildman–Crippen MR) is 98.8 cm³/mol. The molecule has 0 atom stereocenters. The fourth-order valence-corrected chi connectivity index (χ4v) is 2.57. The molecule has 0 spiro atoms. The summed E-state index contributed by atoms with van der Waals surface area (Å²) in [5.74, 6) is 1.82. The van der Waals surface area contributed by atoms with Crippen LogP contribution in [-0.2, 0) is 6.42 Å². The van der Waals surface area contributed by atoms with Crippen molar-refractivity contribution in [3.05, 3.63) is 96.7 Å². The molecule has 1 aromatic carbocycles. The van der Waals surface area contributed by atoms with Crippen LogP contribution in [0.5, 0.6) is 11.6 Å². The molecule has 0 fully saturated rings. The largest absolute Gasteiger partial charge is 0.439 e. The molecule has 5 nitrogen and oxygen atoms in total. The molecule has 126 valence electrons. The van der Waals surface area contributed by atoms with Crippen LogP contribution in [0.1, 0.15) is 11.1 Å². The lowest BCUT2D eigenvalue weighted by molar-refractivity contribution is 0.462. The van der Waals surface area contributed by atoms with Crippen molar-refractivity contribution in [1.29, 1.82) is 0 Å². The Morgan fingerprint density at radius 1 is 0.731 bits per heavy atom. The van der Waals surface area contributed by atoms with Crippen molar-refractivity contribution < 1.29 is 4.74 Å². The molecule has 26 heavy (non-hydrogen) atoms. The molecule has 0 radical (unpaired) electrons. The van der Waals surface area contributed by atoms with E-state index in [9.17, 15) is 0 Å². The van der Waals surface area contributed by atoms with Crippen molar-refractivity contribution in [2.45, 2.75) is 6.42 Å². The van der Waals surface area contributed by atoms with Crippen LogP contribution in [0.2, 0.25) is 0 Å². The predicted octanol–water partition coefficient (Wildman–Crippen LogP) is 4.32. The van der Waals surface area contributed by atoms with Gasteiger partial charge in [0.15, 0.2) is 5.82 Å². The van der Waals surface area contributed by atoms with Gasteiger partial charge in [-0.05, 0) is 47.9 Å². The third-order valence-electron chi connectivity index (χ3n) is 3.83. The van der Waals surface area contributed by atoms with Gasteiger partial charge in [-0.15, -0.1) is 0 Å². The van der Waals surface area contributed by atoms with Gasteiger partial charge in [0.2, 0.25) is 5.88 Å². The number of benzene rings is 1. The number of nitrogens with zero attached hydrogens (tertiary/aromatic N) is 4. The zero-order valence-electron chi connectivity index (χ0n) is 14.0. The Hall–Kier alpha value is -3.60. The first-order chi connectivity index (χ1) is 12.9. The summed E-state index contributed by atoms with van der Waals surface area (Å²) in [4.78, 5) is 17.0. The number of pyridine rings is 2. The van der Waals surface area contributed by atoms with Crippen LogP contribution in [-0.4, -0.2) is 19.9 Å². The summed E-state index contributed by atoms with van der Waals surface area (Å²) in [6, 6.07) is 17.5. The van der Waals surface area contributed by atoms with Crippen molar-refractivity contribution in [3.63, 3.8) is 0 Å². The molecule has 0 aliphatic heterocycles. The first kappa shape index (κ1) is 15.9. The van der Waals surface area contributed by atoms with Gasteiger partial charge in [0, 0.05) is 42.6 Å². The fraction of sp³-hybridized carbons (Fsp3) is 0.0476. The standard InChI is InChI=1S/C21H16N4O/c1-3-17(14-22-10-1)13-16-5-7-19(8-6-16)26-20-9-12-24-21(25-20)18-4-2-11-23-15-18/h1-12,14-15H,13H2. The van der Waals surface area contributed by atoms with Crippen molar-refractivity contribution in [1.82, 2.24) is 19.9 Å². The molecule has 0 N–H and O–H groups in total. The molecule has 3 aromatic heterocycles. The van der Waals surface area contributed by atoms with Crippen LogP contribution >= 0.6 is 0 Å². The molecule has 0 saturated heterocycles. The van der Waals surface area contributed by atoms with Gasteiger partial charge in [-0.1, -0.05) is 18.2 Å². The van der Waals surface area contributed by atoms with Crippen molar-refractivity contribution >= 4 is 0 Å². The smallest absolute Gasteiger partial charge is 0.222 e. The Bertz CT molecular complexity index is 974. The van der Waals surface area contributed by atoms with E-state index < -0.39 is 0 Å². The highest BCUT2D eigenvalue weighted by Crippen LogP contribution is 2.22. The lowest BCUT2D eigenvalue weighted by Crippen LogP contribution is -1.94. The van der Waals surface area contributed by atoms with Gasteiger partial charge in [0.25, 0.3) is 0 Å². The van der Waals surface area contributed by atoms with Crippen molar-refractivity contribution in [3.8, 4) is 23.0 Å². The Morgan fingerprint density at radius 3 is 2.27 bits per heavy atom. The second kappa shape index (κ2) is 7.53. The van der Waals surface area contributed by atoms with E-state index in [4.69, 9.17) is 4.74 Å². The third kappa shape index (κ3) is 3.89. The number of ether oxygens (including phenoxy) is 1. The second-order valence-corrected chi connectivity index (χ2v) is 5.74. The van der Waals surface area contributed by atoms with Gasteiger partial charge < -0.3 is 4.74 Å². The summed E-state index contributed by atoms with van der Waals surface area (Å²) in [6.07, 6.45) is 9.63. The summed E-state index contributed by atoms with van der Waals surface area (Å²) < 4.78 is 5.86. The van der Waals surface area contributed by atoms with E-state index >= 15 is 0 Å². The van der Waals surface area contributed by atoms with E-state index in [1.165, 1.54) is 11.1 Å². The van der Waals surface area contributed by atoms with E-state index in [1.807, 2.05) is 48.7 Å². The average Bonchev–Trinajstić information content (AvgIpc) is 2.71. The van der Waals surface area contributed by atoms with E-state index in [0.717, 1.165) is 17.7 Å². The molecule has 0 aliphatic carbocycles. The van der Waals surface area contributed by atoms with Crippen molar-refractivity contribution in [2.24, 2.45) is 0 Å². The second-order valence-electron chi connectivity index (χ2n) is 5.74. The lowest BCUT2D eigenvalue weighted by atomic mass is 10.1. The summed E-state index contributed by atoms with van der Waals surface area (Å²) in [5.41, 5.74) is 3.23. The molecule has 0 saturated carbocycles. The normalized spacial score (nSPS) is 10.5. The highest BCUT2D eigenvalue weighted by atomic mass is 16.5. The maximum atomic E-state index is 5.86. The van der Waals surface area contributed by atoms with E-state index in [2.05, 4.69) is 26.0 Å². The van der Waals surface area contributed by atoms with Gasteiger partial charge in [0.1, 0.15) is 5.75 Å². The van der Waals surface area contributed by atoms with Gasteiger partial charge in [-0.2, -0.15) is 4.98 Å². The average molecular weight is 340 g/mol. The minimum absolute atomic E-state index is 0.499.